The number of nitrogens with one attached hydrogen (secondary N) is 1. The Hall–Kier alpha value is -1.12. The summed E-state index contributed by atoms with van der Waals surface area (Å²) in [7, 11) is 0. The molecule has 76 valence electrons. The molecule has 1 atom stereocenters. The van der Waals surface area contributed by atoms with Crippen LogP contribution in [0, 0.1) is 0 Å². The summed E-state index contributed by atoms with van der Waals surface area (Å²) in [5.41, 5.74) is 1.14. The summed E-state index contributed by atoms with van der Waals surface area (Å²) < 4.78 is 0. The van der Waals surface area contributed by atoms with Crippen LogP contribution in [-0.4, -0.2) is 16.0 Å². The molecule has 1 aliphatic rings. The fraction of sp³-hybridized carbons (Fsp3) is 0.636. The van der Waals surface area contributed by atoms with Crippen LogP contribution in [0.25, 0.3) is 0 Å². The van der Waals surface area contributed by atoms with E-state index in [-0.39, 0.29) is 0 Å². The molecule has 0 amide bonds. The molecule has 1 unspecified atom stereocenters. The second-order valence-corrected chi connectivity index (χ2v) is 4.06. The third-order valence-electron chi connectivity index (χ3n) is 2.73. The van der Waals surface area contributed by atoms with Gasteiger partial charge in [-0.1, -0.05) is 13.8 Å². The van der Waals surface area contributed by atoms with Gasteiger partial charge >= 0.3 is 0 Å². The maximum atomic E-state index is 4.29. The summed E-state index contributed by atoms with van der Waals surface area (Å²) in [6.45, 7) is 4.38. The van der Waals surface area contributed by atoms with E-state index in [1.165, 1.54) is 12.8 Å². The number of hydrogen-bond acceptors (Lipinski definition) is 3. The second-order valence-electron chi connectivity index (χ2n) is 4.06. The van der Waals surface area contributed by atoms with Crippen LogP contribution in [0.3, 0.4) is 0 Å². The van der Waals surface area contributed by atoms with Crippen LogP contribution in [0.4, 0.5) is 5.82 Å². The Balaban J connectivity index is 2.08. The molecule has 0 radical (unpaired) electrons. The molecule has 1 aliphatic carbocycles. The number of hydrogen-bond donors (Lipinski definition) is 1. The van der Waals surface area contributed by atoms with Crippen molar-refractivity contribution in [2.75, 3.05) is 5.32 Å². The predicted molar refractivity (Wildman–Crippen MR) is 57.4 cm³/mol. The molecule has 3 heteroatoms. The molecule has 3 nitrogen and oxygen atoms in total. The van der Waals surface area contributed by atoms with E-state index in [2.05, 4.69) is 35.2 Å². The molecule has 0 aromatic carbocycles. The topological polar surface area (TPSA) is 37.8 Å². The van der Waals surface area contributed by atoms with Crippen molar-refractivity contribution in [1.82, 2.24) is 9.97 Å². The Bertz CT molecular complexity index is 307. The summed E-state index contributed by atoms with van der Waals surface area (Å²) in [6, 6.07) is 2.74. The maximum absolute atomic E-state index is 4.29. The normalized spacial score (nSPS) is 17.9. The maximum Gasteiger partial charge on any atom is 0.129 e. The Morgan fingerprint density at radius 1 is 1.50 bits per heavy atom. The minimum atomic E-state index is 0.526. The van der Waals surface area contributed by atoms with E-state index >= 15 is 0 Å². The van der Waals surface area contributed by atoms with Gasteiger partial charge in [0.15, 0.2) is 0 Å². The lowest BCUT2D eigenvalue weighted by Crippen LogP contribution is -2.05. The number of aromatic nitrogens is 2. The lowest BCUT2D eigenvalue weighted by atomic mass is 10.1. The van der Waals surface area contributed by atoms with Crippen LogP contribution < -0.4 is 5.32 Å². The largest absolute Gasteiger partial charge is 0.367 e. The Kier molecular flexibility index (Phi) is 2.66. The Morgan fingerprint density at radius 3 is 2.93 bits per heavy atom. The molecule has 0 aliphatic heterocycles. The summed E-state index contributed by atoms with van der Waals surface area (Å²) >= 11 is 0. The average Bonchev–Trinajstić information content (AvgIpc) is 3.01. The highest BCUT2D eigenvalue weighted by Crippen LogP contribution is 2.25. The molecule has 0 spiro atoms. The van der Waals surface area contributed by atoms with Crippen LogP contribution in [0.5, 0.6) is 0 Å². The van der Waals surface area contributed by atoms with E-state index < -0.39 is 0 Å². The van der Waals surface area contributed by atoms with Crippen LogP contribution in [0.1, 0.15) is 44.7 Å². The van der Waals surface area contributed by atoms with E-state index in [0.717, 1.165) is 17.9 Å². The molecule has 1 aromatic rings. The first-order chi connectivity index (χ1) is 6.79. The van der Waals surface area contributed by atoms with Crippen molar-refractivity contribution < 1.29 is 0 Å². The Labute approximate surface area is 85.0 Å². The van der Waals surface area contributed by atoms with Crippen molar-refractivity contribution in [3.05, 3.63) is 18.1 Å². The minimum Gasteiger partial charge on any atom is -0.367 e. The fourth-order valence-electron chi connectivity index (χ4n) is 1.37. The highest BCUT2D eigenvalue weighted by Gasteiger charge is 2.21. The van der Waals surface area contributed by atoms with Crippen LogP contribution in [-0.2, 0) is 0 Å². The average molecular weight is 191 g/mol. The van der Waals surface area contributed by atoms with Crippen molar-refractivity contribution in [1.29, 1.82) is 0 Å². The third-order valence-corrected chi connectivity index (χ3v) is 2.73. The van der Waals surface area contributed by atoms with Gasteiger partial charge in [0.1, 0.15) is 12.1 Å². The molecule has 14 heavy (non-hydrogen) atoms. The summed E-state index contributed by atoms with van der Waals surface area (Å²) in [4.78, 5) is 8.50. The van der Waals surface area contributed by atoms with E-state index in [1.54, 1.807) is 6.33 Å². The molecular weight excluding hydrogens is 174 g/mol. The highest BCUT2D eigenvalue weighted by atomic mass is 15.1. The van der Waals surface area contributed by atoms with Gasteiger partial charge in [0.2, 0.25) is 0 Å². The highest BCUT2D eigenvalue weighted by molar-refractivity contribution is 5.38. The number of anilines is 1. The molecule has 1 saturated carbocycles. The monoisotopic (exact) mass is 191 g/mol. The first-order valence-corrected chi connectivity index (χ1v) is 5.38. The van der Waals surface area contributed by atoms with Crippen molar-refractivity contribution in [2.45, 2.75) is 45.1 Å². The van der Waals surface area contributed by atoms with E-state index in [1.807, 2.05) is 0 Å². The first kappa shape index (κ1) is 9.44. The minimum absolute atomic E-state index is 0.526. The van der Waals surface area contributed by atoms with Crippen molar-refractivity contribution in [3.63, 3.8) is 0 Å². The van der Waals surface area contributed by atoms with Gasteiger partial charge in [-0.25, -0.2) is 9.97 Å². The SMILES string of the molecule is CCC(C)c1cc(NC2CC2)ncn1. The summed E-state index contributed by atoms with van der Waals surface area (Å²) in [6.07, 6.45) is 5.34. The van der Waals surface area contributed by atoms with Gasteiger partial charge in [0.25, 0.3) is 0 Å². The van der Waals surface area contributed by atoms with E-state index in [0.29, 0.717) is 12.0 Å². The smallest absolute Gasteiger partial charge is 0.129 e. The summed E-state index contributed by atoms with van der Waals surface area (Å²) in [5.74, 6) is 1.51. The molecule has 0 bridgehead atoms. The lowest BCUT2D eigenvalue weighted by Gasteiger charge is -2.09. The zero-order valence-electron chi connectivity index (χ0n) is 8.83. The number of nitrogens with zero attached hydrogens (tertiary/aromatic N) is 2. The van der Waals surface area contributed by atoms with Gasteiger partial charge in [0.05, 0.1) is 0 Å². The fourth-order valence-corrected chi connectivity index (χ4v) is 1.37. The van der Waals surface area contributed by atoms with Crippen LogP contribution in [0.15, 0.2) is 12.4 Å². The first-order valence-electron chi connectivity index (χ1n) is 5.38. The molecule has 1 fully saturated rings. The number of rotatable bonds is 4. The molecule has 1 aromatic heterocycles. The molecule has 1 heterocycles. The van der Waals surface area contributed by atoms with Crippen molar-refractivity contribution >= 4 is 5.82 Å². The van der Waals surface area contributed by atoms with Crippen LogP contribution in [0.2, 0.25) is 0 Å². The van der Waals surface area contributed by atoms with Gasteiger partial charge < -0.3 is 5.32 Å². The third kappa shape index (κ3) is 2.22. The quantitative estimate of drug-likeness (QED) is 0.794. The van der Waals surface area contributed by atoms with E-state index in [4.69, 9.17) is 0 Å². The van der Waals surface area contributed by atoms with Crippen molar-refractivity contribution in [3.8, 4) is 0 Å². The standard InChI is InChI=1S/C11H17N3/c1-3-8(2)10-6-11(13-7-12-10)14-9-4-5-9/h6-9H,3-5H2,1-2H3,(H,12,13,14). The van der Waals surface area contributed by atoms with Gasteiger partial charge in [-0.3, -0.25) is 0 Å². The second kappa shape index (κ2) is 3.95. The molecular formula is C11H17N3. The van der Waals surface area contributed by atoms with Gasteiger partial charge in [-0.05, 0) is 25.2 Å². The predicted octanol–water partition coefficient (Wildman–Crippen LogP) is 2.56. The van der Waals surface area contributed by atoms with Gasteiger partial charge in [0, 0.05) is 17.8 Å². The summed E-state index contributed by atoms with van der Waals surface area (Å²) in [5, 5.41) is 3.38. The van der Waals surface area contributed by atoms with Crippen LogP contribution >= 0.6 is 0 Å². The molecule has 0 saturated heterocycles. The molecule has 2 rings (SSSR count). The zero-order valence-corrected chi connectivity index (χ0v) is 8.83. The Morgan fingerprint density at radius 2 is 2.29 bits per heavy atom. The van der Waals surface area contributed by atoms with Gasteiger partial charge in [-0.15, -0.1) is 0 Å². The van der Waals surface area contributed by atoms with Crippen molar-refractivity contribution in [2.24, 2.45) is 0 Å². The van der Waals surface area contributed by atoms with Gasteiger partial charge in [-0.2, -0.15) is 0 Å². The van der Waals surface area contributed by atoms with E-state index in [9.17, 15) is 0 Å². The lowest BCUT2D eigenvalue weighted by molar-refractivity contribution is 0.704. The zero-order chi connectivity index (χ0) is 9.97. The molecule has 1 N–H and O–H groups in total.